The molecule has 3 heteroatoms. The van der Waals surface area contributed by atoms with E-state index in [1.807, 2.05) is 6.07 Å². The van der Waals surface area contributed by atoms with Gasteiger partial charge in [-0.3, -0.25) is 0 Å². The molecule has 0 unspecified atom stereocenters. The van der Waals surface area contributed by atoms with Gasteiger partial charge in [-0.25, -0.2) is 4.39 Å². The quantitative estimate of drug-likeness (QED) is 0.700. The molecule has 2 radical (unpaired) electrons. The molecule has 0 saturated carbocycles. The summed E-state index contributed by atoms with van der Waals surface area (Å²) in [6.45, 7) is 9.20. The van der Waals surface area contributed by atoms with E-state index in [1.54, 1.807) is 17.0 Å². The Bertz CT molecular complexity index is 346. The summed E-state index contributed by atoms with van der Waals surface area (Å²) >= 11 is 0. The van der Waals surface area contributed by atoms with Crippen LogP contribution >= 0.6 is 0 Å². The van der Waals surface area contributed by atoms with Gasteiger partial charge in [-0.2, -0.15) is 0 Å². The van der Waals surface area contributed by atoms with Crippen LogP contribution in [0.25, 0.3) is 6.08 Å². The fourth-order valence-corrected chi connectivity index (χ4v) is 6.46. The van der Waals surface area contributed by atoms with Crippen molar-refractivity contribution >= 4 is 23.7 Å². The monoisotopic (exact) mass is 236 g/mol. The second-order valence-corrected chi connectivity index (χ2v) is 9.69. The van der Waals surface area contributed by atoms with Crippen LogP contribution < -0.4 is 0 Å². The van der Waals surface area contributed by atoms with Crippen LogP contribution in [0, 0.1) is 5.82 Å². The van der Waals surface area contributed by atoms with Gasteiger partial charge in [0.2, 0.25) is 0 Å². The van der Waals surface area contributed by atoms with Crippen LogP contribution in [0.2, 0.25) is 26.2 Å². The molecule has 1 rings (SSSR count). The fraction of sp³-hybridized carbons (Fsp3) is 0.333. The molecule has 0 spiro atoms. The van der Waals surface area contributed by atoms with E-state index in [2.05, 4.69) is 32.3 Å². The molecule has 0 heterocycles. The first kappa shape index (κ1) is 12.4. The normalized spacial score (nSPS) is 10.9. The van der Waals surface area contributed by atoms with E-state index >= 15 is 0 Å². The minimum absolute atomic E-state index is 0.148. The number of halogens is 1. The Balaban J connectivity index is 3.02. The molecule has 0 amide bonds. The molecule has 0 saturated heterocycles. The topological polar surface area (TPSA) is 0 Å². The molecular weight excluding hydrogens is 219 g/mol. The van der Waals surface area contributed by atoms with E-state index in [4.69, 9.17) is 0 Å². The zero-order chi connectivity index (χ0) is 11.4. The standard InChI is InChI=1S/C12H17FSi2/c1-14(2)12(15(3)4)9-10-6-5-7-11(13)8-10/h5-9H,1-4H3. The van der Waals surface area contributed by atoms with Crippen molar-refractivity contribution in [2.24, 2.45) is 0 Å². The fourth-order valence-electron chi connectivity index (χ4n) is 1.55. The Morgan fingerprint density at radius 2 is 1.73 bits per heavy atom. The van der Waals surface area contributed by atoms with Crippen molar-refractivity contribution in [3.8, 4) is 0 Å². The highest BCUT2D eigenvalue weighted by Gasteiger charge is 2.10. The van der Waals surface area contributed by atoms with Gasteiger partial charge in [0.15, 0.2) is 0 Å². The molecule has 1 aromatic rings. The molecule has 0 atom stereocenters. The van der Waals surface area contributed by atoms with E-state index in [0.29, 0.717) is 0 Å². The Morgan fingerprint density at radius 1 is 1.13 bits per heavy atom. The van der Waals surface area contributed by atoms with Crippen LogP contribution in [0.1, 0.15) is 5.56 Å². The molecule has 0 aliphatic heterocycles. The molecule has 0 aliphatic rings. The SMILES string of the molecule is C[Si](C)C(=Cc1cccc(F)c1)[Si](C)C. The third-order valence-electron chi connectivity index (χ3n) is 2.24. The number of hydrogen-bond acceptors (Lipinski definition) is 0. The first-order valence-corrected chi connectivity index (χ1v) is 10.1. The van der Waals surface area contributed by atoms with Gasteiger partial charge in [-0.05, 0) is 17.7 Å². The highest BCUT2D eigenvalue weighted by molar-refractivity contribution is 6.87. The minimum atomic E-state index is -0.399. The number of hydrogen-bond donors (Lipinski definition) is 0. The first-order valence-electron chi connectivity index (χ1n) is 5.09. The molecule has 0 aromatic heterocycles. The summed E-state index contributed by atoms with van der Waals surface area (Å²) in [6, 6.07) is 6.84. The smallest absolute Gasteiger partial charge is 0.123 e. The van der Waals surface area contributed by atoms with Crippen molar-refractivity contribution in [3.63, 3.8) is 0 Å². The van der Waals surface area contributed by atoms with Crippen molar-refractivity contribution in [1.82, 2.24) is 0 Å². The van der Waals surface area contributed by atoms with Gasteiger partial charge in [0.05, 0.1) is 17.6 Å². The first-order chi connectivity index (χ1) is 7.00. The van der Waals surface area contributed by atoms with Crippen molar-refractivity contribution in [3.05, 3.63) is 40.5 Å². The van der Waals surface area contributed by atoms with Gasteiger partial charge in [0.25, 0.3) is 0 Å². The lowest BCUT2D eigenvalue weighted by Crippen LogP contribution is -2.18. The van der Waals surface area contributed by atoms with Crippen LogP contribution in [0.15, 0.2) is 29.1 Å². The average Bonchev–Trinajstić information content (AvgIpc) is 2.13. The summed E-state index contributed by atoms with van der Waals surface area (Å²) in [5, 5.41) is 0. The molecule has 80 valence electrons. The maximum atomic E-state index is 13.0. The lowest BCUT2D eigenvalue weighted by Gasteiger charge is -2.12. The summed E-state index contributed by atoms with van der Waals surface area (Å²) in [7, 11) is -0.798. The highest BCUT2D eigenvalue weighted by Crippen LogP contribution is 2.13. The lowest BCUT2D eigenvalue weighted by molar-refractivity contribution is 0.627. The average molecular weight is 236 g/mol. The molecule has 0 aliphatic carbocycles. The van der Waals surface area contributed by atoms with Crippen molar-refractivity contribution < 1.29 is 4.39 Å². The molecule has 1 aromatic carbocycles. The predicted octanol–water partition coefficient (Wildman–Crippen LogP) is 3.80. The van der Waals surface area contributed by atoms with E-state index in [1.165, 1.54) is 6.07 Å². The summed E-state index contributed by atoms with van der Waals surface area (Å²) in [5.41, 5.74) is 1.00. The summed E-state index contributed by atoms with van der Waals surface area (Å²) in [4.78, 5) is 1.57. The van der Waals surface area contributed by atoms with Crippen molar-refractivity contribution in [2.45, 2.75) is 26.2 Å². The lowest BCUT2D eigenvalue weighted by atomic mass is 10.2. The highest BCUT2D eigenvalue weighted by atomic mass is 28.3. The van der Waals surface area contributed by atoms with Crippen LogP contribution in [-0.4, -0.2) is 17.6 Å². The van der Waals surface area contributed by atoms with E-state index in [9.17, 15) is 4.39 Å². The third-order valence-corrected chi connectivity index (χ3v) is 7.68. The van der Waals surface area contributed by atoms with Gasteiger partial charge in [0, 0.05) is 0 Å². The molecule has 0 fully saturated rings. The number of benzene rings is 1. The second-order valence-electron chi connectivity index (χ2n) is 4.11. The van der Waals surface area contributed by atoms with Crippen LogP contribution in [0.5, 0.6) is 0 Å². The second kappa shape index (κ2) is 5.42. The van der Waals surface area contributed by atoms with E-state index in [-0.39, 0.29) is 5.82 Å². The molecule has 0 N–H and O–H groups in total. The predicted molar refractivity (Wildman–Crippen MR) is 69.3 cm³/mol. The minimum Gasteiger partial charge on any atom is -0.207 e. The summed E-state index contributed by atoms with van der Waals surface area (Å²) < 4.78 is 13.0. The Hall–Kier alpha value is -0.676. The van der Waals surface area contributed by atoms with Gasteiger partial charge < -0.3 is 0 Å². The van der Waals surface area contributed by atoms with Gasteiger partial charge in [-0.15, -0.1) is 0 Å². The largest absolute Gasteiger partial charge is 0.207 e. The van der Waals surface area contributed by atoms with Gasteiger partial charge in [0.1, 0.15) is 5.82 Å². The third kappa shape index (κ3) is 3.76. The molecular formula is C12H17FSi2. The maximum absolute atomic E-state index is 13.0. The molecule has 0 bridgehead atoms. The van der Waals surface area contributed by atoms with Crippen LogP contribution in [0.4, 0.5) is 4.39 Å². The Morgan fingerprint density at radius 3 is 2.20 bits per heavy atom. The summed E-state index contributed by atoms with van der Waals surface area (Å²) in [5.74, 6) is -0.148. The zero-order valence-electron chi connectivity index (χ0n) is 9.76. The van der Waals surface area contributed by atoms with E-state index in [0.717, 1.165) is 5.56 Å². The number of rotatable bonds is 3. The Labute approximate surface area is 95.1 Å². The van der Waals surface area contributed by atoms with Crippen molar-refractivity contribution in [1.29, 1.82) is 0 Å². The van der Waals surface area contributed by atoms with Crippen molar-refractivity contribution in [2.75, 3.05) is 0 Å². The van der Waals surface area contributed by atoms with Crippen LogP contribution in [0.3, 0.4) is 0 Å². The zero-order valence-corrected chi connectivity index (χ0v) is 11.8. The van der Waals surface area contributed by atoms with Gasteiger partial charge >= 0.3 is 0 Å². The van der Waals surface area contributed by atoms with Gasteiger partial charge in [-0.1, -0.05) is 49.2 Å². The van der Waals surface area contributed by atoms with Crippen LogP contribution in [-0.2, 0) is 0 Å². The maximum Gasteiger partial charge on any atom is 0.123 e. The summed E-state index contributed by atoms with van der Waals surface area (Å²) in [6.07, 6.45) is 2.19. The van der Waals surface area contributed by atoms with E-state index < -0.39 is 17.6 Å². The Kier molecular flexibility index (Phi) is 4.48. The molecule has 0 nitrogen and oxygen atoms in total. The molecule has 15 heavy (non-hydrogen) atoms.